The Labute approximate surface area is 116 Å². The van der Waals surface area contributed by atoms with Gasteiger partial charge in [-0.15, -0.1) is 0 Å². The van der Waals surface area contributed by atoms with Gasteiger partial charge in [-0.05, 0) is 18.6 Å². The molecule has 0 bridgehead atoms. The minimum absolute atomic E-state index is 0.289. The maximum atomic E-state index is 11.5. The molecule has 0 aromatic rings. The van der Waals surface area contributed by atoms with Crippen LogP contribution in [0.5, 0.6) is 0 Å². The summed E-state index contributed by atoms with van der Waals surface area (Å²) in [7, 11) is 0. The van der Waals surface area contributed by atoms with Crippen LogP contribution in [-0.2, 0) is 0 Å². The van der Waals surface area contributed by atoms with Crippen LogP contribution < -0.4 is 0 Å². The molecule has 0 amide bonds. The molecule has 0 saturated carbocycles. The van der Waals surface area contributed by atoms with Crippen molar-refractivity contribution in [2.75, 3.05) is 5.75 Å². The Morgan fingerprint density at radius 1 is 0.722 bits per heavy atom. The van der Waals surface area contributed by atoms with Crippen molar-refractivity contribution in [2.24, 2.45) is 0 Å². The first-order valence-corrected chi connectivity index (χ1v) is 7.78. The van der Waals surface area contributed by atoms with E-state index in [4.69, 9.17) is 0 Å². The van der Waals surface area contributed by atoms with Gasteiger partial charge in [0.1, 0.15) is 0 Å². The van der Waals surface area contributed by atoms with E-state index in [1.54, 1.807) is 0 Å². The summed E-state index contributed by atoms with van der Waals surface area (Å²) in [5.41, 5.74) is 0. The van der Waals surface area contributed by atoms with Crippen molar-refractivity contribution in [3.8, 4) is 0 Å². The van der Waals surface area contributed by atoms with E-state index in [0.717, 1.165) is 18.6 Å². The van der Waals surface area contributed by atoms with Crippen LogP contribution in [0.4, 0.5) is 13.2 Å². The molecule has 0 spiro atoms. The topological polar surface area (TPSA) is 0 Å². The molecule has 0 rings (SSSR count). The maximum absolute atomic E-state index is 11.5. The highest BCUT2D eigenvalue weighted by Gasteiger charge is 2.25. The lowest BCUT2D eigenvalue weighted by Crippen LogP contribution is -2.05. The van der Waals surface area contributed by atoms with Gasteiger partial charge in [-0.3, -0.25) is 0 Å². The standard InChI is InChI=1S/C7H13F3.C7H16S/c1-2-3-4-5-6-7(8,9)10;1-2-3-4-5-6-7-8/h2-6H2,1H3;8H,2-7H2,1H3. The molecule has 0 aromatic carbocycles. The molecule has 18 heavy (non-hydrogen) atoms. The molecule has 0 aliphatic heterocycles. The molecule has 0 heterocycles. The maximum Gasteiger partial charge on any atom is 0.389 e. The number of rotatable bonds is 9. The van der Waals surface area contributed by atoms with Crippen LogP contribution in [0.15, 0.2) is 0 Å². The van der Waals surface area contributed by atoms with Gasteiger partial charge in [0.15, 0.2) is 0 Å². The summed E-state index contributed by atoms with van der Waals surface area (Å²) in [6, 6.07) is 0. The summed E-state index contributed by atoms with van der Waals surface area (Å²) < 4.78 is 34.4. The average molecular weight is 286 g/mol. The summed E-state index contributed by atoms with van der Waals surface area (Å²) in [6.07, 6.45) is 5.12. The van der Waals surface area contributed by atoms with Crippen molar-refractivity contribution in [2.45, 2.75) is 84.2 Å². The van der Waals surface area contributed by atoms with Gasteiger partial charge >= 0.3 is 6.18 Å². The number of hydrogen-bond donors (Lipinski definition) is 1. The number of unbranched alkanes of at least 4 members (excludes halogenated alkanes) is 7. The molecule has 0 aromatic heterocycles. The van der Waals surface area contributed by atoms with Gasteiger partial charge in [0.25, 0.3) is 0 Å². The average Bonchev–Trinajstić information content (AvgIpc) is 2.30. The van der Waals surface area contributed by atoms with Gasteiger partial charge in [0, 0.05) is 6.42 Å². The van der Waals surface area contributed by atoms with Crippen molar-refractivity contribution >= 4 is 12.6 Å². The van der Waals surface area contributed by atoms with Crippen LogP contribution in [0.25, 0.3) is 0 Å². The van der Waals surface area contributed by atoms with Gasteiger partial charge < -0.3 is 0 Å². The van der Waals surface area contributed by atoms with Gasteiger partial charge in [0.05, 0.1) is 0 Å². The van der Waals surface area contributed by atoms with Gasteiger partial charge in [-0.25, -0.2) is 0 Å². The zero-order valence-electron chi connectivity index (χ0n) is 11.9. The smallest absolute Gasteiger partial charge is 0.179 e. The lowest BCUT2D eigenvalue weighted by molar-refractivity contribution is -0.135. The van der Waals surface area contributed by atoms with Gasteiger partial charge in [0.2, 0.25) is 0 Å². The molecule has 0 fully saturated rings. The first kappa shape index (κ1) is 20.5. The highest BCUT2D eigenvalue weighted by Crippen LogP contribution is 2.22. The van der Waals surface area contributed by atoms with E-state index >= 15 is 0 Å². The fraction of sp³-hybridized carbons (Fsp3) is 1.00. The fourth-order valence-electron chi connectivity index (χ4n) is 1.47. The van der Waals surface area contributed by atoms with Crippen molar-refractivity contribution in [1.29, 1.82) is 0 Å². The monoisotopic (exact) mass is 286 g/mol. The molecular weight excluding hydrogens is 257 g/mol. The molecule has 0 unspecified atom stereocenters. The predicted molar refractivity (Wildman–Crippen MR) is 77.4 cm³/mol. The van der Waals surface area contributed by atoms with E-state index in [2.05, 4.69) is 19.6 Å². The molecule has 112 valence electrons. The van der Waals surface area contributed by atoms with E-state index in [-0.39, 0.29) is 6.42 Å². The third-order valence-corrected chi connectivity index (χ3v) is 2.89. The van der Waals surface area contributed by atoms with Crippen molar-refractivity contribution in [1.82, 2.24) is 0 Å². The van der Waals surface area contributed by atoms with E-state index in [9.17, 15) is 13.2 Å². The van der Waals surface area contributed by atoms with Crippen LogP contribution in [-0.4, -0.2) is 11.9 Å². The quantitative estimate of drug-likeness (QED) is 0.367. The Bertz CT molecular complexity index is 140. The number of alkyl halides is 3. The number of halogens is 3. The summed E-state index contributed by atoms with van der Waals surface area (Å²) in [5, 5.41) is 0. The van der Waals surface area contributed by atoms with Crippen LogP contribution in [0.2, 0.25) is 0 Å². The predicted octanol–water partition coefficient (Wildman–Crippen LogP) is 6.41. The second kappa shape index (κ2) is 15.2. The highest BCUT2D eigenvalue weighted by molar-refractivity contribution is 7.80. The number of thiol groups is 1. The second-order valence-corrected chi connectivity index (χ2v) is 5.01. The largest absolute Gasteiger partial charge is 0.389 e. The normalized spacial score (nSPS) is 11.0. The first-order valence-electron chi connectivity index (χ1n) is 7.15. The lowest BCUT2D eigenvalue weighted by atomic mass is 10.1. The minimum atomic E-state index is -3.95. The van der Waals surface area contributed by atoms with E-state index in [1.165, 1.54) is 32.1 Å². The Morgan fingerprint density at radius 3 is 1.56 bits per heavy atom. The van der Waals surface area contributed by atoms with Crippen molar-refractivity contribution in [3.05, 3.63) is 0 Å². The summed E-state index contributed by atoms with van der Waals surface area (Å²) in [5.74, 6) is 1.06. The van der Waals surface area contributed by atoms with Crippen LogP contribution in [0, 0.1) is 0 Å². The summed E-state index contributed by atoms with van der Waals surface area (Å²) >= 11 is 4.12. The molecule has 0 N–H and O–H groups in total. The Kier molecular flexibility index (Phi) is 17.3. The molecule has 0 radical (unpaired) electrons. The van der Waals surface area contributed by atoms with Crippen LogP contribution >= 0.6 is 12.6 Å². The molecular formula is C14H29F3S. The molecule has 0 aliphatic carbocycles. The zero-order chi connectivity index (χ0) is 14.3. The van der Waals surface area contributed by atoms with Gasteiger partial charge in [-0.1, -0.05) is 58.8 Å². The number of hydrogen-bond acceptors (Lipinski definition) is 1. The molecule has 0 saturated heterocycles. The Balaban J connectivity index is 0. The Hall–Kier alpha value is 0.140. The SMILES string of the molecule is CCCCCCC(F)(F)F.CCCCCCCS. The second-order valence-electron chi connectivity index (χ2n) is 4.56. The van der Waals surface area contributed by atoms with E-state index in [0.29, 0.717) is 6.42 Å². The van der Waals surface area contributed by atoms with E-state index < -0.39 is 12.6 Å². The zero-order valence-corrected chi connectivity index (χ0v) is 12.8. The summed E-state index contributed by atoms with van der Waals surface area (Å²) in [4.78, 5) is 0. The van der Waals surface area contributed by atoms with E-state index in [1.807, 2.05) is 6.92 Å². The fourth-order valence-corrected chi connectivity index (χ4v) is 1.69. The minimum Gasteiger partial charge on any atom is -0.179 e. The molecule has 0 atom stereocenters. The van der Waals surface area contributed by atoms with Crippen LogP contribution in [0.3, 0.4) is 0 Å². The van der Waals surface area contributed by atoms with Crippen LogP contribution in [0.1, 0.15) is 78.1 Å². The van der Waals surface area contributed by atoms with Crippen molar-refractivity contribution < 1.29 is 13.2 Å². The molecule has 4 heteroatoms. The summed E-state index contributed by atoms with van der Waals surface area (Å²) in [6.45, 7) is 4.22. The third-order valence-electron chi connectivity index (χ3n) is 2.58. The first-order chi connectivity index (χ1) is 8.47. The molecule has 0 aliphatic rings. The van der Waals surface area contributed by atoms with Crippen molar-refractivity contribution in [3.63, 3.8) is 0 Å². The Morgan fingerprint density at radius 2 is 1.17 bits per heavy atom. The third kappa shape index (κ3) is 25.1. The van der Waals surface area contributed by atoms with Gasteiger partial charge in [-0.2, -0.15) is 25.8 Å². The molecule has 0 nitrogen and oxygen atoms in total. The highest BCUT2D eigenvalue weighted by atomic mass is 32.1. The lowest BCUT2D eigenvalue weighted by Gasteiger charge is -2.03.